The van der Waals surface area contributed by atoms with Crippen LogP contribution in [0.25, 0.3) is 0 Å². The Kier molecular flexibility index (Phi) is 7.03. The highest BCUT2D eigenvalue weighted by atomic mass is 79.9. The van der Waals surface area contributed by atoms with Crippen molar-refractivity contribution in [3.8, 4) is 5.75 Å². The smallest absolute Gasteiger partial charge is 0.220 e. The number of amides is 1. The molecular formula is C16H23BrN2O2. The van der Waals surface area contributed by atoms with Crippen molar-refractivity contribution < 1.29 is 9.53 Å². The lowest BCUT2D eigenvalue weighted by Gasteiger charge is -2.22. The molecule has 0 atom stereocenters. The van der Waals surface area contributed by atoms with Gasteiger partial charge in [-0.05, 0) is 62.5 Å². The molecule has 1 amide bonds. The van der Waals surface area contributed by atoms with E-state index in [0.29, 0.717) is 25.5 Å². The number of halogens is 1. The van der Waals surface area contributed by atoms with Gasteiger partial charge in [0.2, 0.25) is 5.91 Å². The van der Waals surface area contributed by atoms with Crippen molar-refractivity contribution in [2.24, 2.45) is 5.92 Å². The Hall–Kier alpha value is -1.07. The van der Waals surface area contributed by atoms with Crippen LogP contribution in [0.3, 0.4) is 0 Å². The van der Waals surface area contributed by atoms with E-state index in [2.05, 4.69) is 26.6 Å². The van der Waals surface area contributed by atoms with Gasteiger partial charge in [0.15, 0.2) is 0 Å². The van der Waals surface area contributed by atoms with E-state index < -0.39 is 0 Å². The largest absolute Gasteiger partial charge is 0.492 e. The number of carbonyl (C=O) groups excluding carboxylic acids is 1. The van der Waals surface area contributed by atoms with Crippen molar-refractivity contribution in [1.29, 1.82) is 0 Å². The summed E-state index contributed by atoms with van der Waals surface area (Å²) in [7, 11) is 0. The standard InChI is InChI=1S/C16H23BrN2O2/c17-14-2-4-15(5-3-14)21-12-11-19-16(20)6-1-13-7-9-18-10-8-13/h2-5,13,18H,1,6-12H2,(H,19,20). The molecule has 1 saturated heterocycles. The molecule has 21 heavy (non-hydrogen) atoms. The molecule has 5 heteroatoms. The van der Waals surface area contributed by atoms with E-state index in [0.717, 1.165) is 29.7 Å². The van der Waals surface area contributed by atoms with Gasteiger partial charge < -0.3 is 15.4 Å². The number of nitrogens with one attached hydrogen (secondary N) is 2. The second kappa shape index (κ2) is 9.05. The number of hydrogen-bond donors (Lipinski definition) is 2. The molecule has 0 radical (unpaired) electrons. The summed E-state index contributed by atoms with van der Waals surface area (Å²) < 4.78 is 6.59. The zero-order valence-corrected chi connectivity index (χ0v) is 13.8. The molecule has 2 N–H and O–H groups in total. The molecule has 0 unspecified atom stereocenters. The molecule has 1 aliphatic rings. The molecule has 0 spiro atoms. The quantitative estimate of drug-likeness (QED) is 0.740. The Morgan fingerprint density at radius 2 is 2.00 bits per heavy atom. The highest BCUT2D eigenvalue weighted by Crippen LogP contribution is 2.17. The highest BCUT2D eigenvalue weighted by molar-refractivity contribution is 9.10. The van der Waals surface area contributed by atoms with Crippen molar-refractivity contribution in [1.82, 2.24) is 10.6 Å². The molecule has 0 aliphatic carbocycles. The van der Waals surface area contributed by atoms with Gasteiger partial charge in [-0.2, -0.15) is 0 Å². The van der Waals surface area contributed by atoms with Gasteiger partial charge in [0.05, 0.1) is 6.54 Å². The number of benzene rings is 1. The zero-order valence-electron chi connectivity index (χ0n) is 12.2. The molecule has 1 aromatic carbocycles. The third kappa shape index (κ3) is 6.48. The number of ether oxygens (including phenoxy) is 1. The molecule has 4 nitrogen and oxygen atoms in total. The van der Waals surface area contributed by atoms with E-state index in [1.165, 1.54) is 12.8 Å². The molecule has 1 heterocycles. The maximum Gasteiger partial charge on any atom is 0.220 e. The Morgan fingerprint density at radius 1 is 1.29 bits per heavy atom. The first-order valence-corrected chi connectivity index (χ1v) is 8.39. The van der Waals surface area contributed by atoms with Crippen LogP contribution in [0.4, 0.5) is 0 Å². The fraction of sp³-hybridized carbons (Fsp3) is 0.562. The van der Waals surface area contributed by atoms with E-state index in [1.54, 1.807) is 0 Å². The average Bonchev–Trinajstić information content (AvgIpc) is 2.52. The number of rotatable bonds is 7. The van der Waals surface area contributed by atoms with Crippen molar-refractivity contribution in [2.75, 3.05) is 26.2 Å². The number of piperidine rings is 1. The summed E-state index contributed by atoms with van der Waals surface area (Å²) in [6.45, 7) is 3.24. The van der Waals surface area contributed by atoms with Crippen LogP contribution in [0, 0.1) is 5.92 Å². The molecule has 0 saturated carbocycles. The minimum absolute atomic E-state index is 0.132. The topological polar surface area (TPSA) is 50.4 Å². The lowest BCUT2D eigenvalue weighted by atomic mass is 9.93. The monoisotopic (exact) mass is 354 g/mol. The van der Waals surface area contributed by atoms with Crippen LogP contribution in [0.15, 0.2) is 28.7 Å². The maximum atomic E-state index is 11.8. The molecule has 1 aromatic rings. The SMILES string of the molecule is O=C(CCC1CCNCC1)NCCOc1ccc(Br)cc1. The number of carbonyl (C=O) groups is 1. The van der Waals surface area contributed by atoms with Crippen LogP contribution in [0.1, 0.15) is 25.7 Å². The van der Waals surface area contributed by atoms with E-state index in [9.17, 15) is 4.79 Å². The van der Waals surface area contributed by atoms with Crippen LogP contribution in [0.2, 0.25) is 0 Å². The molecule has 0 bridgehead atoms. The predicted molar refractivity (Wildman–Crippen MR) is 87.5 cm³/mol. The highest BCUT2D eigenvalue weighted by Gasteiger charge is 2.14. The first-order chi connectivity index (χ1) is 10.2. The van der Waals surface area contributed by atoms with Crippen molar-refractivity contribution in [3.05, 3.63) is 28.7 Å². The third-order valence-corrected chi connectivity index (χ3v) is 4.27. The normalized spacial score (nSPS) is 15.7. The van der Waals surface area contributed by atoms with Gasteiger partial charge in [-0.1, -0.05) is 15.9 Å². The summed E-state index contributed by atoms with van der Waals surface area (Å²) in [4.78, 5) is 11.8. The molecule has 1 aliphatic heterocycles. The lowest BCUT2D eigenvalue weighted by molar-refractivity contribution is -0.121. The van der Waals surface area contributed by atoms with Gasteiger partial charge in [-0.25, -0.2) is 0 Å². The minimum atomic E-state index is 0.132. The average molecular weight is 355 g/mol. The Morgan fingerprint density at radius 3 is 2.71 bits per heavy atom. The van der Waals surface area contributed by atoms with Gasteiger partial charge in [-0.3, -0.25) is 4.79 Å². The molecule has 1 fully saturated rings. The Balaban J connectivity index is 1.53. The second-order valence-electron chi connectivity index (χ2n) is 5.38. The van der Waals surface area contributed by atoms with Gasteiger partial charge >= 0.3 is 0 Å². The fourth-order valence-corrected chi connectivity index (χ4v) is 2.75. The summed E-state index contributed by atoms with van der Waals surface area (Å²) in [6.07, 6.45) is 4.02. The van der Waals surface area contributed by atoms with Gasteiger partial charge in [0, 0.05) is 10.9 Å². The summed E-state index contributed by atoms with van der Waals surface area (Å²) in [5, 5.41) is 6.26. The summed E-state index contributed by atoms with van der Waals surface area (Å²) >= 11 is 3.38. The summed E-state index contributed by atoms with van der Waals surface area (Å²) in [5.41, 5.74) is 0. The summed E-state index contributed by atoms with van der Waals surface area (Å²) in [5.74, 6) is 1.66. The molecule has 2 rings (SSSR count). The molecule has 0 aromatic heterocycles. The molecule has 116 valence electrons. The van der Waals surface area contributed by atoms with Gasteiger partial charge in [-0.15, -0.1) is 0 Å². The first-order valence-electron chi connectivity index (χ1n) is 7.60. The summed E-state index contributed by atoms with van der Waals surface area (Å²) in [6, 6.07) is 7.69. The minimum Gasteiger partial charge on any atom is -0.492 e. The van der Waals surface area contributed by atoms with Crippen LogP contribution >= 0.6 is 15.9 Å². The lowest BCUT2D eigenvalue weighted by Crippen LogP contribution is -2.30. The van der Waals surface area contributed by atoms with Gasteiger partial charge in [0.25, 0.3) is 0 Å². The zero-order chi connectivity index (χ0) is 14.9. The van der Waals surface area contributed by atoms with Crippen LogP contribution in [-0.4, -0.2) is 32.1 Å². The van der Waals surface area contributed by atoms with Crippen LogP contribution in [-0.2, 0) is 4.79 Å². The fourth-order valence-electron chi connectivity index (χ4n) is 2.48. The van der Waals surface area contributed by atoms with Crippen molar-refractivity contribution >= 4 is 21.8 Å². The molecular weight excluding hydrogens is 332 g/mol. The van der Waals surface area contributed by atoms with Crippen LogP contribution in [0.5, 0.6) is 5.75 Å². The van der Waals surface area contributed by atoms with E-state index in [1.807, 2.05) is 24.3 Å². The third-order valence-electron chi connectivity index (χ3n) is 3.74. The first kappa shape index (κ1) is 16.3. The predicted octanol–water partition coefficient (Wildman–Crippen LogP) is 2.72. The Labute approximate surface area is 134 Å². The Bertz CT molecular complexity index is 430. The van der Waals surface area contributed by atoms with E-state index >= 15 is 0 Å². The van der Waals surface area contributed by atoms with Crippen molar-refractivity contribution in [3.63, 3.8) is 0 Å². The van der Waals surface area contributed by atoms with E-state index in [-0.39, 0.29) is 5.91 Å². The van der Waals surface area contributed by atoms with E-state index in [4.69, 9.17) is 4.74 Å². The van der Waals surface area contributed by atoms with Crippen molar-refractivity contribution in [2.45, 2.75) is 25.7 Å². The van der Waals surface area contributed by atoms with Gasteiger partial charge in [0.1, 0.15) is 12.4 Å². The number of hydrogen-bond acceptors (Lipinski definition) is 3. The van der Waals surface area contributed by atoms with Crippen LogP contribution < -0.4 is 15.4 Å². The second-order valence-corrected chi connectivity index (χ2v) is 6.30. The maximum absolute atomic E-state index is 11.8.